The summed E-state index contributed by atoms with van der Waals surface area (Å²) in [4.78, 5) is 74.0. The van der Waals surface area contributed by atoms with Crippen LogP contribution in [0, 0.1) is 34.9 Å². The predicted octanol–water partition coefficient (Wildman–Crippen LogP) is 7.61. The van der Waals surface area contributed by atoms with E-state index in [0.717, 1.165) is 126 Å². The number of aliphatic carboxylic acids is 1. The fraction of sp³-hybridized carbons (Fsp3) is 0.323. The lowest BCUT2D eigenvalue weighted by atomic mass is 10.1. The number of carbonyl (C=O) groups excluding carboxylic acids is 1. The van der Waals surface area contributed by atoms with Crippen LogP contribution in [0.1, 0.15) is 48.9 Å². The molecule has 0 aliphatic carbocycles. The zero-order valence-electron chi connectivity index (χ0n) is 46.9. The molecular formula is C62H67F6N13O5. The number of halogens is 6. The van der Waals surface area contributed by atoms with Crippen LogP contribution in [0.2, 0.25) is 0 Å². The second-order valence-electron chi connectivity index (χ2n) is 20.6. The number of aryl methyl sites for hydroxylation is 1. The van der Waals surface area contributed by atoms with Crippen LogP contribution in [0.3, 0.4) is 0 Å². The number of ketones is 1. The Hall–Kier alpha value is -8.68. The third kappa shape index (κ3) is 18.4. The van der Waals surface area contributed by atoms with E-state index in [0.29, 0.717) is 44.0 Å². The Bertz CT molecular complexity index is 3660. The second kappa shape index (κ2) is 30.9. The van der Waals surface area contributed by atoms with E-state index >= 15 is 0 Å². The molecule has 8 aromatic rings. The van der Waals surface area contributed by atoms with Gasteiger partial charge in [-0.25, -0.2) is 55.6 Å². The van der Waals surface area contributed by atoms with Crippen molar-refractivity contribution in [2.45, 2.75) is 52.7 Å². The molecule has 18 nitrogen and oxygen atoms in total. The molecule has 0 saturated carbocycles. The molecule has 3 N–H and O–H groups in total. The Balaban J connectivity index is 0.000000210. The van der Waals surface area contributed by atoms with Crippen molar-refractivity contribution < 1.29 is 41.0 Å². The minimum absolute atomic E-state index is 0. The number of nitrogens with two attached hydrogens (primary N) is 1. The fourth-order valence-corrected chi connectivity index (χ4v) is 9.13. The number of hydrogen-bond donors (Lipinski definition) is 2. The van der Waals surface area contributed by atoms with Gasteiger partial charge in [0.15, 0.2) is 46.6 Å². The molecular weight excluding hydrogens is 1120 g/mol. The molecule has 0 atom stereocenters. The van der Waals surface area contributed by atoms with Crippen molar-refractivity contribution in [3.63, 3.8) is 0 Å². The molecule has 2 saturated heterocycles. The van der Waals surface area contributed by atoms with Crippen molar-refractivity contribution in [2.75, 3.05) is 79.5 Å². The predicted molar refractivity (Wildman–Crippen MR) is 313 cm³/mol. The lowest BCUT2D eigenvalue weighted by Gasteiger charge is -2.32. The van der Waals surface area contributed by atoms with Gasteiger partial charge >= 0.3 is 5.97 Å². The van der Waals surface area contributed by atoms with Crippen molar-refractivity contribution in [1.29, 1.82) is 0 Å². The fourth-order valence-electron chi connectivity index (χ4n) is 9.13. The van der Waals surface area contributed by atoms with Crippen LogP contribution in [0.15, 0.2) is 131 Å². The normalized spacial score (nSPS) is 13.9. The summed E-state index contributed by atoms with van der Waals surface area (Å²) in [5.74, 6) is -7.93. The average Bonchev–Trinajstić information content (AvgIpc) is 2.43. The molecule has 0 amide bonds. The summed E-state index contributed by atoms with van der Waals surface area (Å²) in [5, 5.41) is 16.9. The first-order valence-electron chi connectivity index (χ1n) is 27.4. The van der Waals surface area contributed by atoms with Gasteiger partial charge < -0.3 is 30.4 Å². The van der Waals surface area contributed by atoms with Crippen LogP contribution >= 0.6 is 0 Å². The maximum Gasteiger partial charge on any atom is 0.304 e. The number of rotatable bonds is 18. The van der Waals surface area contributed by atoms with E-state index in [2.05, 4.69) is 63.8 Å². The monoisotopic (exact) mass is 1190 g/mol. The van der Waals surface area contributed by atoms with Gasteiger partial charge in [-0.15, -0.1) is 0 Å². The zero-order valence-corrected chi connectivity index (χ0v) is 46.9. The summed E-state index contributed by atoms with van der Waals surface area (Å²) < 4.78 is 83.5. The van der Waals surface area contributed by atoms with E-state index < -0.39 is 52.0 Å². The van der Waals surface area contributed by atoms with Crippen molar-refractivity contribution >= 4 is 11.8 Å². The Kier molecular flexibility index (Phi) is 23.3. The summed E-state index contributed by atoms with van der Waals surface area (Å²) in [6.45, 7) is 10.2. The molecule has 452 valence electrons. The molecule has 0 bridgehead atoms. The molecule has 0 unspecified atom stereocenters. The van der Waals surface area contributed by atoms with Crippen LogP contribution in [0.25, 0.3) is 45.3 Å². The summed E-state index contributed by atoms with van der Waals surface area (Å²) >= 11 is 0. The molecule has 2 fully saturated rings. The molecule has 86 heavy (non-hydrogen) atoms. The Morgan fingerprint density at radius 1 is 0.500 bits per heavy atom. The number of hydrogen-bond acceptors (Lipinski definition) is 15. The van der Waals surface area contributed by atoms with E-state index in [1.165, 1.54) is 24.3 Å². The Morgan fingerprint density at radius 3 is 1.29 bits per heavy atom. The van der Waals surface area contributed by atoms with E-state index in [1.54, 1.807) is 43.0 Å². The van der Waals surface area contributed by atoms with Crippen LogP contribution in [-0.4, -0.2) is 155 Å². The first-order chi connectivity index (χ1) is 40.9. The number of aromatic nitrogens is 8. The molecule has 6 heterocycles. The molecule has 2 aliphatic rings. The van der Waals surface area contributed by atoms with Gasteiger partial charge in [-0.3, -0.25) is 19.2 Å². The van der Waals surface area contributed by atoms with E-state index in [4.69, 9.17) is 10.8 Å². The third-order valence-corrected chi connectivity index (χ3v) is 14.2. The first-order valence-corrected chi connectivity index (χ1v) is 27.4. The van der Waals surface area contributed by atoms with Gasteiger partial charge in [0.25, 0.3) is 11.1 Å². The van der Waals surface area contributed by atoms with Crippen LogP contribution < -0.4 is 16.9 Å². The number of carboxylic acids is 1. The smallest absolute Gasteiger partial charge is 0.304 e. The number of carbonyl (C=O) groups is 2. The number of carboxylic acid groups (broad SMARTS) is 1. The highest BCUT2D eigenvalue weighted by molar-refractivity contribution is 5.78. The summed E-state index contributed by atoms with van der Waals surface area (Å²) in [7, 11) is 4.20. The third-order valence-electron chi connectivity index (χ3n) is 14.2. The SMILES string of the molecule is C.CN1CCN(CCC(=O)CCc2cnc(-c3cccc(Cn4nc(-c5cc(F)c(F)c(F)c5)ccc4=O)c3)nc2)CC1.CN1CCN(CCC(=O)O)CC1.NCc1cnc(-c2cccc(Cn3nc(-c4cc(F)c(F)c(F)c4)ccc3=O)c2)nc1. The maximum atomic E-state index is 13.7. The molecule has 0 spiro atoms. The van der Waals surface area contributed by atoms with Crippen LogP contribution in [0.5, 0.6) is 0 Å². The van der Waals surface area contributed by atoms with E-state index in [1.807, 2.05) is 30.3 Å². The minimum Gasteiger partial charge on any atom is -0.481 e. The van der Waals surface area contributed by atoms with E-state index in [9.17, 15) is 45.5 Å². The average molecular weight is 1190 g/mol. The highest BCUT2D eigenvalue weighted by Crippen LogP contribution is 2.25. The standard InChI is InChI=1S/C31H31F3N6O2.C22H16F3N5O.C8H16N2O2.CH4/c1-38-11-13-39(14-12-38)10-9-25(41)6-5-22-18-35-31(36-19-22)23-4-2-3-21(15-23)20-40-29(42)8-7-28(37-40)24-16-26(32)30(34)27(33)17-24;23-17-7-16(8-18(24)21(17)25)19-4-5-20(31)30(29-19)12-13-2-1-3-15(6-13)22-27-10-14(9-26)11-28-22;1-9-4-6-10(7-5-9)3-2-8(11)12;/h2-4,7-8,15-19H,5-6,9-14,20H2,1H3;1-8,10-11H,9,12,26H2;2-7H2,1H3,(H,11,12);1H4. The van der Waals surface area contributed by atoms with Gasteiger partial charge in [-0.05, 0) is 85.7 Å². The quantitative estimate of drug-likeness (QED) is 0.0625. The highest BCUT2D eigenvalue weighted by Gasteiger charge is 2.19. The van der Waals surface area contributed by atoms with Crippen molar-refractivity contribution in [3.8, 4) is 45.3 Å². The maximum absolute atomic E-state index is 13.7. The Labute approximate surface area is 493 Å². The molecule has 0 radical (unpaired) electrons. The van der Waals surface area contributed by atoms with Gasteiger partial charge in [0.05, 0.1) is 30.9 Å². The van der Waals surface area contributed by atoms with Gasteiger partial charge in [0.1, 0.15) is 5.78 Å². The van der Waals surface area contributed by atoms with Crippen LogP contribution in [0.4, 0.5) is 26.3 Å². The lowest BCUT2D eigenvalue weighted by molar-refractivity contribution is -0.137. The molecule has 10 rings (SSSR count). The van der Waals surface area contributed by atoms with Gasteiger partial charge in [-0.2, -0.15) is 10.2 Å². The molecule has 4 aromatic carbocycles. The molecule has 4 aromatic heterocycles. The topological polar surface area (TPSA) is 215 Å². The number of likely N-dealkylation sites (N-methyl/N-ethyl adjacent to an activating group) is 2. The molecule has 2 aliphatic heterocycles. The largest absolute Gasteiger partial charge is 0.481 e. The van der Waals surface area contributed by atoms with E-state index in [-0.39, 0.29) is 55.2 Å². The number of Topliss-reactive ketones (excluding diaryl/α,β-unsaturated/α-hetero) is 1. The van der Waals surface area contributed by atoms with Crippen molar-refractivity contribution in [2.24, 2.45) is 5.73 Å². The Morgan fingerprint density at radius 2 is 0.895 bits per heavy atom. The summed E-state index contributed by atoms with van der Waals surface area (Å²) in [6.07, 6.45) is 8.58. The lowest BCUT2D eigenvalue weighted by Crippen LogP contribution is -2.45. The second-order valence-corrected chi connectivity index (χ2v) is 20.6. The molecule has 24 heteroatoms. The van der Waals surface area contributed by atoms with Gasteiger partial charge in [-0.1, -0.05) is 43.8 Å². The van der Waals surface area contributed by atoms with Crippen molar-refractivity contribution in [1.82, 2.24) is 59.1 Å². The van der Waals surface area contributed by atoms with Crippen molar-refractivity contribution in [3.05, 3.63) is 200 Å². The zero-order chi connectivity index (χ0) is 60.6. The number of benzene rings is 4. The number of nitrogens with zero attached hydrogens (tertiary/aromatic N) is 12. The van der Waals surface area contributed by atoms with Crippen LogP contribution in [-0.2, 0) is 35.6 Å². The van der Waals surface area contributed by atoms with Gasteiger partial charge in [0, 0.05) is 150 Å². The minimum atomic E-state index is -1.57. The summed E-state index contributed by atoms with van der Waals surface area (Å²) in [6, 6.07) is 23.0. The summed E-state index contributed by atoms with van der Waals surface area (Å²) in [5.41, 5.74) is 9.67. The highest BCUT2D eigenvalue weighted by atomic mass is 19.2. The number of piperazine rings is 2. The van der Waals surface area contributed by atoms with Gasteiger partial charge in [0.2, 0.25) is 0 Å². The first kappa shape index (κ1) is 64.9.